The van der Waals surface area contributed by atoms with Crippen molar-refractivity contribution in [2.24, 2.45) is 0 Å². The summed E-state index contributed by atoms with van der Waals surface area (Å²) in [7, 11) is 3.74. The van der Waals surface area contributed by atoms with Gasteiger partial charge in [0.15, 0.2) is 0 Å². The van der Waals surface area contributed by atoms with Crippen molar-refractivity contribution in [1.29, 1.82) is 0 Å². The summed E-state index contributed by atoms with van der Waals surface area (Å²) < 4.78 is 5.72. The SMILES string of the molecule is CCCCCOc1ccc(/C(O)=C2/C(=O)C(=O)N(CCN(C)C)C2c2ccc(O)c(Cl)c2)cc1. The Labute approximate surface area is 205 Å². The van der Waals surface area contributed by atoms with E-state index in [-0.39, 0.29) is 28.6 Å². The number of phenolic OH excluding ortho intramolecular Hbond substituents is 1. The Morgan fingerprint density at radius 3 is 2.44 bits per heavy atom. The minimum Gasteiger partial charge on any atom is -0.507 e. The van der Waals surface area contributed by atoms with Crippen LogP contribution in [0, 0.1) is 0 Å². The molecule has 1 atom stereocenters. The third kappa shape index (κ3) is 5.72. The van der Waals surface area contributed by atoms with Crippen LogP contribution in [0.1, 0.15) is 43.4 Å². The van der Waals surface area contributed by atoms with Crippen molar-refractivity contribution < 1.29 is 24.5 Å². The van der Waals surface area contributed by atoms with Crippen LogP contribution >= 0.6 is 11.6 Å². The Balaban J connectivity index is 1.99. The molecule has 1 heterocycles. The molecule has 1 unspecified atom stereocenters. The van der Waals surface area contributed by atoms with Gasteiger partial charge in [-0.25, -0.2) is 0 Å². The number of likely N-dealkylation sites (N-methyl/N-ethyl adjacent to an activating group) is 1. The fourth-order valence-electron chi connectivity index (χ4n) is 3.86. The molecule has 182 valence electrons. The molecule has 0 saturated carbocycles. The fourth-order valence-corrected chi connectivity index (χ4v) is 4.05. The number of amides is 1. The smallest absolute Gasteiger partial charge is 0.295 e. The number of likely N-dealkylation sites (tertiary alicyclic amines) is 1. The van der Waals surface area contributed by atoms with Crippen molar-refractivity contribution >= 4 is 29.1 Å². The number of carbonyl (C=O) groups excluding carboxylic acids is 2. The number of aliphatic hydroxyl groups excluding tert-OH is 1. The van der Waals surface area contributed by atoms with Gasteiger partial charge in [0.25, 0.3) is 11.7 Å². The number of hydrogen-bond acceptors (Lipinski definition) is 6. The Morgan fingerprint density at radius 2 is 1.82 bits per heavy atom. The Bertz CT molecular complexity index is 1070. The van der Waals surface area contributed by atoms with E-state index in [4.69, 9.17) is 16.3 Å². The first-order valence-electron chi connectivity index (χ1n) is 11.4. The number of aliphatic hydroxyl groups is 1. The summed E-state index contributed by atoms with van der Waals surface area (Å²) in [5.74, 6) is -1.15. The summed E-state index contributed by atoms with van der Waals surface area (Å²) in [4.78, 5) is 29.3. The lowest BCUT2D eigenvalue weighted by atomic mass is 9.95. The maximum atomic E-state index is 13.1. The van der Waals surface area contributed by atoms with E-state index >= 15 is 0 Å². The Morgan fingerprint density at radius 1 is 1.12 bits per heavy atom. The lowest BCUT2D eigenvalue weighted by Crippen LogP contribution is -2.35. The van der Waals surface area contributed by atoms with Crippen molar-refractivity contribution in [2.45, 2.75) is 32.2 Å². The van der Waals surface area contributed by atoms with E-state index in [1.807, 2.05) is 19.0 Å². The molecule has 0 radical (unpaired) electrons. The molecule has 7 nitrogen and oxygen atoms in total. The highest BCUT2D eigenvalue weighted by atomic mass is 35.5. The number of halogens is 1. The van der Waals surface area contributed by atoms with Crippen LogP contribution in [0.15, 0.2) is 48.0 Å². The summed E-state index contributed by atoms with van der Waals surface area (Å²) in [6.07, 6.45) is 3.16. The van der Waals surface area contributed by atoms with Crippen molar-refractivity contribution in [1.82, 2.24) is 9.80 Å². The van der Waals surface area contributed by atoms with Gasteiger partial charge < -0.3 is 24.7 Å². The van der Waals surface area contributed by atoms with E-state index < -0.39 is 17.7 Å². The first-order valence-corrected chi connectivity index (χ1v) is 11.8. The summed E-state index contributed by atoms with van der Waals surface area (Å²) in [6, 6.07) is 10.5. The van der Waals surface area contributed by atoms with Gasteiger partial charge in [0.2, 0.25) is 0 Å². The number of carbonyl (C=O) groups is 2. The summed E-state index contributed by atoms with van der Waals surface area (Å²) >= 11 is 6.12. The van der Waals surface area contributed by atoms with E-state index in [2.05, 4.69) is 6.92 Å². The predicted octanol–water partition coefficient (Wildman–Crippen LogP) is 4.60. The molecular formula is C26H31ClN2O5. The number of hydrogen-bond donors (Lipinski definition) is 2. The van der Waals surface area contributed by atoms with Crippen LogP contribution in [0.25, 0.3) is 5.76 Å². The fraction of sp³-hybridized carbons (Fsp3) is 0.385. The molecule has 1 aliphatic heterocycles. The number of ether oxygens (including phenoxy) is 1. The van der Waals surface area contributed by atoms with Gasteiger partial charge in [0.1, 0.15) is 17.3 Å². The van der Waals surface area contributed by atoms with Crippen LogP contribution in [0.2, 0.25) is 5.02 Å². The van der Waals surface area contributed by atoms with Gasteiger partial charge in [-0.3, -0.25) is 9.59 Å². The zero-order valence-electron chi connectivity index (χ0n) is 19.8. The van der Waals surface area contributed by atoms with Gasteiger partial charge in [0, 0.05) is 18.7 Å². The second-order valence-electron chi connectivity index (χ2n) is 8.59. The lowest BCUT2D eigenvalue weighted by Gasteiger charge is -2.26. The highest BCUT2D eigenvalue weighted by Gasteiger charge is 2.46. The molecular weight excluding hydrogens is 456 g/mol. The molecule has 2 aromatic carbocycles. The van der Waals surface area contributed by atoms with Crippen molar-refractivity contribution in [3.63, 3.8) is 0 Å². The number of phenols is 1. The average molecular weight is 487 g/mol. The van der Waals surface area contributed by atoms with Crippen LogP contribution in [-0.4, -0.2) is 65.5 Å². The monoisotopic (exact) mass is 486 g/mol. The van der Waals surface area contributed by atoms with E-state index in [1.54, 1.807) is 30.3 Å². The maximum Gasteiger partial charge on any atom is 0.295 e. The largest absolute Gasteiger partial charge is 0.507 e. The van der Waals surface area contributed by atoms with Crippen molar-refractivity contribution in [3.8, 4) is 11.5 Å². The second kappa shape index (κ2) is 11.4. The summed E-state index contributed by atoms with van der Waals surface area (Å²) in [5.41, 5.74) is 0.918. The van der Waals surface area contributed by atoms with Gasteiger partial charge in [-0.05, 0) is 62.5 Å². The molecule has 1 fully saturated rings. The summed E-state index contributed by atoms with van der Waals surface area (Å²) in [5, 5.41) is 21.1. The predicted molar refractivity (Wildman–Crippen MR) is 132 cm³/mol. The molecule has 0 bridgehead atoms. The molecule has 34 heavy (non-hydrogen) atoms. The van der Waals surface area contributed by atoms with Gasteiger partial charge in [-0.15, -0.1) is 0 Å². The van der Waals surface area contributed by atoms with Gasteiger partial charge >= 0.3 is 0 Å². The topological polar surface area (TPSA) is 90.3 Å². The first kappa shape index (κ1) is 25.6. The first-order chi connectivity index (χ1) is 16.2. The number of aromatic hydroxyl groups is 1. The Hall–Kier alpha value is -3.03. The molecule has 3 rings (SSSR count). The molecule has 2 aromatic rings. The van der Waals surface area contributed by atoms with Gasteiger partial charge in [0.05, 0.1) is 23.2 Å². The standard InChI is InChI=1S/C26H31ClN2O5/c1-4-5-6-15-34-19-10-7-17(8-11-19)24(31)22-23(18-9-12-21(30)20(27)16-18)29(14-13-28(2)3)26(33)25(22)32/h7-12,16,23,30-31H,4-6,13-15H2,1-3H3/b24-22-. The molecule has 1 amide bonds. The van der Waals surface area contributed by atoms with Crippen LogP contribution in [0.4, 0.5) is 0 Å². The molecule has 0 aliphatic carbocycles. The van der Waals surface area contributed by atoms with E-state index in [1.165, 1.54) is 17.0 Å². The normalized spacial score (nSPS) is 17.6. The number of nitrogens with zero attached hydrogens (tertiary/aromatic N) is 2. The van der Waals surface area contributed by atoms with Crippen LogP contribution in [0.3, 0.4) is 0 Å². The van der Waals surface area contributed by atoms with E-state index in [9.17, 15) is 19.8 Å². The number of benzene rings is 2. The number of unbranched alkanes of at least 4 members (excludes halogenated alkanes) is 2. The van der Waals surface area contributed by atoms with Crippen LogP contribution in [-0.2, 0) is 9.59 Å². The maximum absolute atomic E-state index is 13.1. The quantitative estimate of drug-likeness (QED) is 0.221. The van der Waals surface area contributed by atoms with Crippen molar-refractivity contribution in [2.75, 3.05) is 33.8 Å². The molecule has 8 heteroatoms. The average Bonchev–Trinajstić information content (AvgIpc) is 3.07. The van der Waals surface area contributed by atoms with Crippen LogP contribution < -0.4 is 4.74 Å². The minimum absolute atomic E-state index is 0.0119. The number of ketones is 1. The third-order valence-corrected chi connectivity index (χ3v) is 6.06. The zero-order chi connectivity index (χ0) is 24.8. The van der Waals surface area contributed by atoms with Gasteiger partial charge in [-0.1, -0.05) is 37.4 Å². The third-order valence-electron chi connectivity index (χ3n) is 5.76. The summed E-state index contributed by atoms with van der Waals surface area (Å²) in [6.45, 7) is 3.54. The van der Waals surface area contributed by atoms with Crippen LogP contribution in [0.5, 0.6) is 11.5 Å². The number of rotatable bonds is 10. The molecule has 0 spiro atoms. The van der Waals surface area contributed by atoms with Gasteiger partial charge in [-0.2, -0.15) is 0 Å². The molecule has 0 aromatic heterocycles. The zero-order valence-corrected chi connectivity index (χ0v) is 20.5. The lowest BCUT2D eigenvalue weighted by molar-refractivity contribution is -0.140. The minimum atomic E-state index is -0.831. The van der Waals surface area contributed by atoms with Crippen molar-refractivity contribution in [3.05, 3.63) is 64.2 Å². The van der Waals surface area contributed by atoms with E-state index in [0.717, 1.165) is 19.3 Å². The number of Topliss-reactive ketones (excluding diaryl/α,β-unsaturated/α-hetero) is 1. The highest BCUT2D eigenvalue weighted by molar-refractivity contribution is 6.46. The molecule has 1 aliphatic rings. The second-order valence-corrected chi connectivity index (χ2v) is 8.99. The van der Waals surface area contributed by atoms with E-state index in [0.29, 0.717) is 30.0 Å². The Kier molecular flexibility index (Phi) is 8.58. The molecule has 1 saturated heterocycles. The molecule has 2 N–H and O–H groups in total. The highest BCUT2D eigenvalue weighted by Crippen LogP contribution is 2.41.